The second-order valence-electron chi connectivity index (χ2n) is 8.32. The van der Waals surface area contributed by atoms with E-state index in [0.29, 0.717) is 6.04 Å². The lowest BCUT2D eigenvalue weighted by Gasteiger charge is -2.36. The van der Waals surface area contributed by atoms with Crippen LogP contribution in [0.25, 0.3) is 5.69 Å². The molecule has 3 aromatic rings. The van der Waals surface area contributed by atoms with Crippen molar-refractivity contribution in [3.8, 4) is 5.69 Å². The van der Waals surface area contributed by atoms with E-state index in [1.54, 1.807) is 0 Å². The maximum Gasteiger partial charge on any atom is 0.0645 e. The van der Waals surface area contributed by atoms with Gasteiger partial charge in [-0.2, -0.15) is 5.10 Å². The molecule has 1 aromatic heterocycles. The van der Waals surface area contributed by atoms with Crippen LogP contribution < -0.4 is 0 Å². The van der Waals surface area contributed by atoms with Crippen molar-refractivity contribution in [3.63, 3.8) is 0 Å². The van der Waals surface area contributed by atoms with E-state index in [1.807, 2.05) is 23.1 Å². The minimum Gasteiger partial charge on any atom is -0.297 e. The summed E-state index contributed by atoms with van der Waals surface area (Å²) in [5, 5.41) is 4.32. The fraction of sp³-hybridized carbons (Fsp3) is 0.375. The topological polar surface area (TPSA) is 24.3 Å². The number of benzene rings is 2. The quantitative estimate of drug-likeness (QED) is 0.677. The van der Waals surface area contributed by atoms with Crippen molar-refractivity contribution in [2.75, 3.05) is 19.6 Å². The lowest BCUT2D eigenvalue weighted by molar-refractivity contribution is 0.123. The molecule has 3 aliphatic rings. The van der Waals surface area contributed by atoms with E-state index in [-0.39, 0.29) is 0 Å². The minimum atomic E-state index is 0.674. The molecule has 3 fully saturated rings. The van der Waals surface area contributed by atoms with Gasteiger partial charge in [0.2, 0.25) is 0 Å². The maximum absolute atomic E-state index is 4.32. The van der Waals surface area contributed by atoms with E-state index < -0.39 is 0 Å². The average molecular weight is 373 g/mol. The Balaban J connectivity index is 1.25. The molecule has 28 heavy (non-hydrogen) atoms. The molecule has 0 unspecified atom stereocenters. The highest BCUT2D eigenvalue weighted by molar-refractivity contribution is 5.33. The summed E-state index contributed by atoms with van der Waals surface area (Å²) < 4.78 is 1.92. The van der Waals surface area contributed by atoms with Crippen LogP contribution in [0.5, 0.6) is 0 Å². The van der Waals surface area contributed by atoms with Crippen molar-refractivity contribution in [3.05, 3.63) is 84.2 Å². The summed E-state index contributed by atoms with van der Waals surface area (Å²) in [7, 11) is 0. The Morgan fingerprint density at radius 1 is 0.786 bits per heavy atom. The van der Waals surface area contributed by atoms with Gasteiger partial charge < -0.3 is 0 Å². The van der Waals surface area contributed by atoms with Gasteiger partial charge in [0.05, 0.1) is 5.69 Å². The van der Waals surface area contributed by atoms with E-state index in [9.17, 15) is 0 Å². The Morgan fingerprint density at radius 3 is 2.39 bits per heavy atom. The standard InChI is InChI=1S/C24H28N4/c1-2-5-20(6-3-1)15-26-16-22-9-12-24(19-26)27(18-22)17-21-7-10-23(11-8-21)28-14-4-13-25-28/h1-8,10-11,13-14,22,24H,9,12,15-19H2/t22-,24+/m1/s1. The minimum absolute atomic E-state index is 0.674. The number of rotatable bonds is 5. The average Bonchev–Trinajstić information content (AvgIpc) is 3.13. The highest BCUT2D eigenvalue weighted by atomic mass is 15.3. The van der Waals surface area contributed by atoms with E-state index in [4.69, 9.17) is 0 Å². The molecule has 6 rings (SSSR count). The van der Waals surface area contributed by atoms with Gasteiger partial charge in [0.15, 0.2) is 0 Å². The molecule has 4 nitrogen and oxygen atoms in total. The highest BCUT2D eigenvalue weighted by Crippen LogP contribution is 2.30. The summed E-state index contributed by atoms with van der Waals surface area (Å²) in [5.41, 5.74) is 3.96. The van der Waals surface area contributed by atoms with Crippen molar-refractivity contribution >= 4 is 0 Å². The molecule has 144 valence electrons. The van der Waals surface area contributed by atoms with Gasteiger partial charge in [-0.15, -0.1) is 0 Å². The third-order valence-electron chi connectivity index (χ3n) is 6.24. The molecule has 2 aromatic carbocycles. The van der Waals surface area contributed by atoms with Crippen LogP contribution in [0.4, 0.5) is 0 Å². The smallest absolute Gasteiger partial charge is 0.0645 e. The molecule has 3 saturated heterocycles. The van der Waals surface area contributed by atoms with Crippen molar-refractivity contribution in [1.29, 1.82) is 0 Å². The van der Waals surface area contributed by atoms with Crippen molar-refractivity contribution < 1.29 is 0 Å². The van der Waals surface area contributed by atoms with E-state index in [2.05, 4.69) is 69.5 Å². The predicted molar refractivity (Wildman–Crippen MR) is 112 cm³/mol. The second-order valence-corrected chi connectivity index (χ2v) is 8.32. The Labute approximate surface area is 167 Å². The van der Waals surface area contributed by atoms with E-state index in [1.165, 1.54) is 43.6 Å². The monoisotopic (exact) mass is 372 g/mol. The van der Waals surface area contributed by atoms with Gasteiger partial charge in [-0.25, -0.2) is 4.68 Å². The van der Waals surface area contributed by atoms with Crippen molar-refractivity contribution in [2.24, 2.45) is 5.92 Å². The van der Waals surface area contributed by atoms with Crippen LogP contribution in [0.1, 0.15) is 24.0 Å². The summed E-state index contributed by atoms with van der Waals surface area (Å²) in [4.78, 5) is 5.40. The lowest BCUT2D eigenvalue weighted by atomic mass is 9.94. The molecule has 0 N–H and O–H groups in total. The van der Waals surface area contributed by atoms with Crippen LogP contribution in [-0.2, 0) is 13.1 Å². The van der Waals surface area contributed by atoms with Crippen LogP contribution >= 0.6 is 0 Å². The van der Waals surface area contributed by atoms with E-state index >= 15 is 0 Å². The first-order valence-corrected chi connectivity index (χ1v) is 10.4. The first-order chi connectivity index (χ1) is 13.8. The summed E-state index contributed by atoms with van der Waals surface area (Å²) in [6, 6.07) is 22.4. The molecule has 3 aliphatic heterocycles. The fourth-order valence-corrected chi connectivity index (χ4v) is 4.85. The summed E-state index contributed by atoms with van der Waals surface area (Å²) in [6.07, 6.45) is 6.53. The largest absolute Gasteiger partial charge is 0.297 e. The molecule has 2 atom stereocenters. The van der Waals surface area contributed by atoms with Gasteiger partial charge in [0, 0.05) is 51.2 Å². The van der Waals surface area contributed by atoms with Crippen LogP contribution in [0, 0.1) is 5.92 Å². The number of fused-ring (bicyclic) bond motifs is 4. The summed E-state index contributed by atoms with van der Waals surface area (Å²) in [5.74, 6) is 0.797. The normalized spacial score (nSPS) is 23.0. The first-order valence-electron chi connectivity index (χ1n) is 10.4. The number of hydrogen-bond acceptors (Lipinski definition) is 3. The second kappa shape index (κ2) is 7.90. The van der Waals surface area contributed by atoms with Crippen LogP contribution in [0.3, 0.4) is 0 Å². The van der Waals surface area contributed by atoms with Gasteiger partial charge in [-0.1, -0.05) is 42.5 Å². The number of piperidine rings is 1. The van der Waals surface area contributed by atoms with E-state index in [0.717, 1.165) is 24.7 Å². The predicted octanol–water partition coefficient (Wildman–Crippen LogP) is 3.97. The third kappa shape index (κ3) is 3.89. The molecular weight excluding hydrogens is 344 g/mol. The molecule has 0 amide bonds. The Kier molecular flexibility index (Phi) is 4.98. The highest BCUT2D eigenvalue weighted by Gasteiger charge is 2.34. The van der Waals surface area contributed by atoms with Gasteiger partial charge in [0.25, 0.3) is 0 Å². The number of aromatic nitrogens is 2. The summed E-state index contributed by atoms with van der Waals surface area (Å²) >= 11 is 0. The maximum atomic E-state index is 4.32. The fourth-order valence-electron chi connectivity index (χ4n) is 4.85. The third-order valence-corrected chi connectivity index (χ3v) is 6.24. The lowest BCUT2D eigenvalue weighted by Crippen LogP contribution is -2.43. The molecule has 2 bridgehead atoms. The molecule has 0 aliphatic carbocycles. The van der Waals surface area contributed by atoms with Crippen molar-refractivity contribution in [1.82, 2.24) is 19.6 Å². The Hall–Kier alpha value is -2.43. The van der Waals surface area contributed by atoms with Gasteiger partial charge in [-0.05, 0) is 48.1 Å². The zero-order valence-corrected chi connectivity index (χ0v) is 16.3. The molecule has 0 spiro atoms. The molecule has 0 radical (unpaired) electrons. The number of hydrogen-bond donors (Lipinski definition) is 0. The first kappa shape index (κ1) is 17.7. The Bertz CT molecular complexity index is 873. The Morgan fingerprint density at radius 2 is 1.61 bits per heavy atom. The van der Waals surface area contributed by atoms with Crippen LogP contribution in [0.15, 0.2) is 73.1 Å². The zero-order chi connectivity index (χ0) is 18.8. The molecule has 4 heteroatoms. The number of nitrogens with zero attached hydrogens (tertiary/aromatic N) is 4. The van der Waals surface area contributed by atoms with Gasteiger partial charge in [-0.3, -0.25) is 9.80 Å². The summed E-state index contributed by atoms with van der Waals surface area (Å²) in [6.45, 7) is 5.80. The zero-order valence-electron chi connectivity index (χ0n) is 16.3. The van der Waals surface area contributed by atoms with Crippen molar-refractivity contribution in [2.45, 2.75) is 32.0 Å². The van der Waals surface area contributed by atoms with Crippen LogP contribution in [0.2, 0.25) is 0 Å². The van der Waals surface area contributed by atoms with Crippen LogP contribution in [-0.4, -0.2) is 45.3 Å². The molecule has 4 heterocycles. The molecule has 0 saturated carbocycles. The van der Waals surface area contributed by atoms with Gasteiger partial charge >= 0.3 is 0 Å². The van der Waals surface area contributed by atoms with Gasteiger partial charge in [0.1, 0.15) is 0 Å². The SMILES string of the molecule is c1ccc(CN2C[C@H]3CC[C@@H](C2)N(Cc2ccc(-n4cccn4)cc2)C3)cc1. The molecular formula is C24H28N4.